The third kappa shape index (κ3) is 5.14. The molecule has 1 unspecified atom stereocenters. The highest BCUT2D eigenvalue weighted by molar-refractivity contribution is 5.74. The Morgan fingerprint density at radius 1 is 1.39 bits per heavy atom. The molecule has 1 atom stereocenters. The minimum atomic E-state index is -0.282. The standard InChI is InChI=1S/C13H19FN2O2/c1-10(11-4-6-12(14)7-5-11)16-13(17)15-8-3-9-18-2/h4-7,10H,3,8-9H2,1-2H3,(H2,15,16,17). The van der Waals surface area contributed by atoms with E-state index in [0.717, 1.165) is 12.0 Å². The molecule has 1 rings (SSSR count). The smallest absolute Gasteiger partial charge is 0.315 e. The summed E-state index contributed by atoms with van der Waals surface area (Å²) >= 11 is 0. The number of methoxy groups -OCH3 is 1. The van der Waals surface area contributed by atoms with Crippen LogP contribution in [0, 0.1) is 5.82 Å². The molecule has 2 amide bonds. The van der Waals surface area contributed by atoms with Crippen molar-refractivity contribution in [1.29, 1.82) is 0 Å². The van der Waals surface area contributed by atoms with Crippen LogP contribution in [0.3, 0.4) is 0 Å². The van der Waals surface area contributed by atoms with Crippen LogP contribution in [0.5, 0.6) is 0 Å². The Bertz CT molecular complexity index is 368. The predicted molar refractivity (Wildman–Crippen MR) is 67.8 cm³/mol. The third-order valence-electron chi connectivity index (χ3n) is 2.53. The molecular formula is C13H19FN2O2. The molecule has 5 heteroatoms. The number of halogens is 1. The van der Waals surface area contributed by atoms with E-state index in [9.17, 15) is 9.18 Å². The van der Waals surface area contributed by atoms with Crippen molar-refractivity contribution in [1.82, 2.24) is 10.6 Å². The summed E-state index contributed by atoms with van der Waals surface area (Å²) in [5.74, 6) is -0.282. The monoisotopic (exact) mass is 254 g/mol. The van der Waals surface area contributed by atoms with Gasteiger partial charge < -0.3 is 15.4 Å². The first-order valence-electron chi connectivity index (χ1n) is 5.92. The van der Waals surface area contributed by atoms with Crippen LogP contribution in [-0.2, 0) is 4.74 Å². The van der Waals surface area contributed by atoms with Gasteiger partial charge in [-0.15, -0.1) is 0 Å². The van der Waals surface area contributed by atoms with Gasteiger partial charge in [-0.2, -0.15) is 0 Å². The zero-order valence-corrected chi connectivity index (χ0v) is 10.7. The quantitative estimate of drug-likeness (QED) is 0.765. The van der Waals surface area contributed by atoms with Gasteiger partial charge in [0.15, 0.2) is 0 Å². The second-order valence-corrected chi connectivity index (χ2v) is 4.02. The fourth-order valence-corrected chi connectivity index (χ4v) is 1.50. The van der Waals surface area contributed by atoms with E-state index in [1.165, 1.54) is 12.1 Å². The molecular weight excluding hydrogens is 235 g/mol. The van der Waals surface area contributed by atoms with Crippen LogP contribution in [0.15, 0.2) is 24.3 Å². The highest BCUT2D eigenvalue weighted by atomic mass is 19.1. The lowest BCUT2D eigenvalue weighted by Crippen LogP contribution is -2.37. The van der Waals surface area contributed by atoms with Gasteiger partial charge in [0.1, 0.15) is 5.82 Å². The Hall–Kier alpha value is -1.62. The zero-order valence-electron chi connectivity index (χ0n) is 10.7. The number of carbonyl (C=O) groups excluding carboxylic acids is 1. The molecule has 0 heterocycles. The lowest BCUT2D eigenvalue weighted by molar-refractivity contribution is 0.193. The Morgan fingerprint density at radius 3 is 2.67 bits per heavy atom. The summed E-state index contributed by atoms with van der Waals surface area (Å²) in [6, 6.07) is 5.68. The number of hydrogen-bond donors (Lipinski definition) is 2. The Kier molecular flexibility index (Phi) is 6.14. The van der Waals surface area contributed by atoms with Crippen molar-refractivity contribution in [3.05, 3.63) is 35.6 Å². The van der Waals surface area contributed by atoms with Gasteiger partial charge in [-0.05, 0) is 31.0 Å². The molecule has 1 aromatic rings. The van der Waals surface area contributed by atoms with Gasteiger partial charge in [0.2, 0.25) is 0 Å². The second kappa shape index (κ2) is 7.66. The number of nitrogens with one attached hydrogen (secondary N) is 2. The summed E-state index contributed by atoms with van der Waals surface area (Å²) < 4.78 is 17.6. The molecule has 0 saturated carbocycles. The lowest BCUT2D eigenvalue weighted by atomic mass is 10.1. The fourth-order valence-electron chi connectivity index (χ4n) is 1.50. The second-order valence-electron chi connectivity index (χ2n) is 4.02. The number of amides is 2. The van der Waals surface area contributed by atoms with Crippen LogP contribution in [-0.4, -0.2) is 26.3 Å². The summed E-state index contributed by atoms with van der Waals surface area (Å²) in [6.07, 6.45) is 0.773. The van der Waals surface area contributed by atoms with E-state index < -0.39 is 0 Å². The number of rotatable bonds is 6. The zero-order chi connectivity index (χ0) is 13.4. The average molecular weight is 254 g/mol. The molecule has 0 spiro atoms. The molecule has 0 saturated heterocycles. The first kappa shape index (κ1) is 14.4. The number of benzene rings is 1. The summed E-state index contributed by atoms with van der Waals surface area (Å²) in [7, 11) is 1.62. The fraction of sp³-hybridized carbons (Fsp3) is 0.462. The number of carbonyl (C=O) groups is 1. The van der Waals surface area contributed by atoms with Crippen molar-refractivity contribution in [2.45, 2.75) is 19.4 Å². The number of hydrogen-bond acceptors (Lipinski definition) is 2. The number of urea groups is 1. The highest BCUT2D eigenvalue weighted by Crippen LogP contribution is 2.12. The van der Waals surface area contributed by atoms with Crippen LogP contribution >= 0.6 is 0 Å². The molecule has 4 nitrogen and oxygen atoms in total. The average Bonchev–Trinajstić information content (AvgIpc) is 2.35. The summed E-state index contributed by atoms with van der Waals surface area (Å²) in [6.45, 7) is 3.03. The van der Waals surface area contributed by atoms with Gasteiger partial charge in [0.25, 0.3) is 0 Å². The molecule has 18 heavy (non-hydrogen) atoms. The van der Waals surface area contributed by atoms with Crippen molar-refractivity contribution in [3.63, 3.8) is 0 Å². The molecule has 1 aromatic carbocycles. The van der Waals surface area contributed by atoms with Gasteiger partial charge in [-0.1, -0.05) is 12.1 Å². The van der Waals surface area contributed by atoms with E-state index in [0.29, 0.717) is 13.2 Å². The molecule has 0 aliphatic rings. The Balaban J connectivity index is 2.33. The highest BCUT2D eigenvalue weighted by Gasteiger charge is 2.08. The maximum Gasteiger partial charge on any atom is 0.315 e. The minimum absolute atomic E-state index is 0.159. The van der Waals surface area contributed by atoms with Crippen LogP contribution < -0.4 is 10.6 Å². The van der Waals surface area contributed by atoms with E-state index >= 15 is 0 Å². The SMILES string of the molecule is COCCCNC(=O)NC(C)c1ccc(F)cc1. The van der Waals surface area contributed by atoms with Crippen LogP contribution in [0.25, 0.3) is 0 Å². The molecule has 0 aromatic heterocycles. The molecule has 0 aliphatic carbocycles. The van der Waals surface area contributed by atoms with E-state index in [1.807, 2.05) is 6.92 Å². The van der Waals surface area contributed by atoms with E-state index in [1.54, 1.807) is 19.2 Å². The van der Waals surface area contributed by atoms with Crippen LogP contribution in [0.1, 0.15) is 24.9 Å². The van der Waals surface area contributed by atoms with Gasteiger partial charge in [-0.3, -0.25) is 0 Å². The maximum atomic E-state index is 12.7. The van der Waals surface area contributed by atoms with Crippen LogP contribution in [0.2, 0.25) is 0 Å². The third-order valence-corrected chi connectivity index (χ3v) is 2.53. The van der Waals surface area contributed by atoms with Gasteiger partial charge in [-0.25, -0.2) is 9.18 Å². The van der Waals surface area contributed by atoms with E-state index in [-0.39, 0.29) is 17.9 Å². The summed E-state index contributed by atoms with van der Waals surface area (Å²) in [4.78, 5) is 11.5. The van der Waals surface area contributed by atoms with E-state index in [4.69, 9.17) is 4.74 Å². The summed E-state index contributed by atoms with van der Waals surface area (Å²) in [5, 5.41) is 5.50. The topological polar surface area (TPSA) is 50.4 Å². The minimum Gasteiger partial charge on any atom is -0.385 e. The first-order valence-corrected chi connectivity index (χ1v) is 5.92. The lowest BCUT2D eigenvalue weighted by Gasteiger charge is -2.15. The number of ether oxygens (including phenoxy) is 1. The maximum absolute atomic E-state index is 12.7. The van der Waals surface area contributed by atoms with Crippen molar-refractivity contribution < 1.29 is 13.9 Å². The molecule has 2 N–H and O–H groups in total. The van der Waals surface area contributed by atoms with Crippen molar-refractivity contribution in [3.8, 4) is 0 Å². The van der Waals surface area contributed by atoms with E-state index in [2.05, 4.69) is 10.6 Å². The Labute approximate surface area is 107 Å². The normalized spacial score (nSPS) is 11.9. The van der Waals surface area contributed by atoms with Gasteiger partial charge in [0, 0.05) is 20.3 Å². The molecule has 100 valence electrons. The van der Waals surface area contributed by atoms with Crippen LogP contribution in [0.4, 0.5) is 9.18 Å². The molecule has 0 bridgehead atoms. The van der Waals surface area contributed by atoms with Gasteiger partial charge in [0.05, 0.1) is 6.04 Å². The Morgan fingerprint density at radius 2 is 2.06 bits per heavy atom. The first-order chi connectivity index (χ1) is 8.63. The van der Waals surface area contributed by atoms with Gasteiger partial charge >= 0.3 is 6.03 Å². The summed E-state index contributed by atoms with van der Waals surface area (Å²) in [5.41, 5.74) is 0.864. The van der Waals surface area contributed by atoms with Crippen molar-refractivity contribution in [2.24, 2.45) is 0 Å². The molecule has 0 radical (unpaired) electrons. The van der Waals surface area contributed by atoms with Crippen molar-refractivity contribution in [2.75, 3.05) is 20.3 Å². The van der Waals surface area contributed by atoms with Crippen molar-refractivity contribution >= 4 is 6.03 Å². The molecule has 0 fully saturated rings. The molecule has 0 aliphatic heterocycles. The largest absolute Gasteiger partial charge is 0.385 e. The predicted octanol–water partition coefficient (Wildman–Crippen LogP) is 2.22.